The van der Waals surface area contributed by atoms with Crippen LogP contribution in [0.2, 0.25) is 0 Å². The highest BCUT2D eigenvalue weighted by molar-refractivity contribution is 5.33. The van der Waals surface area contributed by atoms with Crippen molar-refractivity contribution in [1.29, 1.82) is 0 Å². The van der Waals surface area contributed by atoms with E-state index in [1.165, 1.54) is 0 Å². The Labute approximate surface area is 103 Å². The van der Waals surface area contributed by atoms with Crippen LogP contribution in [-0.2, 0) is 15.9 Å². The van der Waals surface area contributed by atoms with Crippen LogP contribution in [0.25, 0.3) is 0 Å². The maximum absolute atomic E-state index is 5.65. The summed E-state index contributed by atoms with van der Waals surface area (Å²) in [5.74, 6) is 0.897. The van der Waals surface area contributed by atoms with Gasteiger partial charge in [0.15, 0.2) is 0 Å². The largest absolute Gasteiger partial charge is 0.491 e. The molecule has 2 N–H and O–H groups in total. The maximum atomic E-state index is 5.65. The second kappa shape index (κ2) is 8.98. The number of para-hydroxylation sites is 1. The Balaban J connectivity index is 2.25. The molecule has 0 radical (unpaired) electrons. The highest BCUT2D eigenvalue weighted by atomic mass is 16.5. The fraction of sp³-hybridized carbons (Fsp3) is 0.538. The van der Waals surface area contributed by atoms with Crippen molar-refractivity contribution in [1.82, 2.24) is 0 Å². The van der Waals surface area contributed by atoms with Gasteiger partial charge >= 0.3 is 0 Å². The summed E-state index contributed by atoms with van der Waals surface area (Å²) in [6.07, 6.45) is 0.834. The van der Waals surface area contributed by atoms with Crippen LogP contribution in [0.5, 0.6) is 5.75 Å². The summed E-state index contributed by atoms with van der Waals surface area (Å²) in [6, 6.07) is 7.95. The molecule has 0 aliphatic carbocycles. The van der Waals surface area contributed by atoms with Crippen molar-refractivity contribution in [2.75, 3.05) is 40.1 Å². The Morgan fingerprint density at radius 3 is 2.59 bits per heavy atom. The van der Waals surface area contributed by atoms with Crippen LogP contribution in [0.4, 0.5) is 0 Å². The summed E-state index contributed by atoms with van der Waals surface area (Å²) in [7, 11) is 1.66. The number of nitrogens with two attached hydrogens (primary N) is 1. The lowest BCUT2D eigenvalue weighted by Crippen LogP contribution is -2.11. The first kappa shape index (κ1) is 14.0. The molecule has 0 atom stereocenters. The minimum Gasteiger partial charge on any atom is -0.491 e. The summed E-state index contributed by atoms with van der Waals surface area (Å²) in [6.45, 7) is 2.96. The Kier molecular flexibility index (Phi) is 7.38. The van der Waals surface area contributed by atoms with Crippen LogP contribution >= 0.6 is 0 Å². The molecule has 4 nitrogen and oxygen atoms in total. The zero-order chi connectivity index (χ0) is 12.3. The molecule has 0 aliphatic heterocycles. The predicted octanol–water partition coefficient (Wildman–Crippen LogP) is 1.23. The maximum Gasteiger partial charge on any atom is 0.122 e. The van der Waals surface area contributed by atoms with Gasteiger partial charge in [-0.3, -0.25) is 0 Å². The molecule has 1 aromatic rings. The molecule has 0 amide bonds. The molecule has 4 heteroatoms. The third-order valence-electron chi connectivity index (χ3n) is 2.30. The van der Waals surface area contributed by atoms with E-state index in [0.717, 1.165) is 17.7 Å². The molecule has 96 valence electrons. The minimum atomic E-state index is 0.547. The molecule has 0 fully saturated rings. The molecule has 0 saturated heterocycles. The van der Waals surface area contributed by atoms with Crippen LogP contribution in [0.1, 0.15) is 5.56 Å². The first-order valence-electron chi connectivity index (χ1n) is 5.86. The van der Waals surface area contributed by atoms with Crippen LogP contribution in [0, 0.1) is 0 Å². The minimum absolute atomic E-state index is 0.547. The van der Waals surface area contributed by atoms with Gasteiger partial charge in [-0.05, 0) is 24.6 Å². The quantitative estimate of drug-likeness (QED) is 0.659. The summed E-state index contributed by atoms with van der Waals surface area (Å²) < 4.78 is 15.8. The highest BCUT2D eigenvalue weighted by Crippen LogP contribution is 2.17. The van der Waals surface area contributed by atoms with Gasteiger partial charge in [-0.25, -0.2) is 0 Å². The predicted molar refractivity (Wildman–Crippen MR) is 67.4 cm³/mol. The number of benzene rings is 1. The van der Waals surface area contributed by atoms with Crippen molar-refractivity contribution >= 4 is 0 Å². The molecule has 1 aromatic carbocycles. The molecule has 0 unspecified atom stereocenters. The Morgan fingerprint density at radius 1 is 1.06 bits per heavy atom. The van der Waals surface area contributed by atoms with Crippen LogP contribution < -0.4 is 10.5 Å². The second-order valence-electron chi connectivity index (χ2n) is 3.60. The molecule has 17 heavy (non-hydrogen) atoms. The van der Waals surface area contributed by atoms with Crippen molar-refractivity contribution in [2.45, 2.75) is 6.42 Å². The van der Waals surface area contributed by atoms with Gasteiger partial charge in [-0.2, -0.15) is 0 Å². The van der Waals surface area contributed by atoms with Gasteiger partial charge in [0.05, 0.1) is 19.8 Å². The monoisotopic (exact) mass is 239 g/mol. The number of hydrogen-bond donors (Lipinski definition) is 1. The Morgan fingerprint density at radius 2 is 1.82 bits per heavy atom. The molecule has 0 aromatic heterocycles. The van der Waals surface area contributed by atoms with E-state index in [1.54, 1.807) is 7.11 Å². The van der Waals surface area contributed by atoms with E-state index in [-0.39, 0.29) is 0 Å². The topological polar surface area (TPSA) is 53.7 Å². The van der Waals surface area contributed by atoms with E-state index in [2.05, 4.69) is 0 Å². The molecule has 0 bridgehead atoms. The summed E-state index contributed by atoms with van der Waals surface area (Å²) >= 11 is 0. The number of rotatable bonds is 9. The van der Waals surface area contributed by atoms with Gasteiger partial charge in [0.25, 0.3) is 0 Å². The first-order valence-corrected chi connectivity index (χ1v) is 5.86. The van der Waals surface area contributed by atoms with Crippen molar-refractivity contribution in [2.24, 2.45) is 5.73 Å². The number of ether oxygens (including phenoxy) is 3. The van der Waals surface area contributed by atoms with Crippen LogP contribution in [0.3, 0.4) is 0 Å². The van der Waals surface area contributed by atoms with Gasteiger partial charge < -0.3 is 19.9 Å². The van der Waals surface area contributed by atoms with E-state index in [4.69, 9.17) is 19.9 Å². The van der Waals surface area contributed by atoms with Crippen LogP contribution in [-0.4, -0.2) is 40.1 Å². The zero-order valence-electron chi connectivity index (χ0n) is 10.4. The molecule has 0 spiro atoms. The molecule has 0 heterocycles. The summed E-state index contributed by atoms with van der Waals surface area (Å²) in [5, 5.41) is 0. The van der Waals surface area contributed by atoms with E-state index >= 15 is 0 Å². The lowest BCUT2D eigenvalue weighted by atomic mass is 10.1. The summed E-state index contributed by atoms with van der Waals surface area (Å²) in [5.41, 5.74) is 6.69. The summed E-state index contributed by atoms with van der Waals surface area (Å²) in [4.78, 5) is 0. The molecular formula is C13H21NO3. The molecular weight excluding hydrogens is 218 g/mol. The van der Waals surface area contributed by atoms with Gasteiger partial charge in [-0.15, -0.1) is 0 Å². The van der Waals surface area contributed by atoms with E-state index in [0.29, 0.717) is 33.0 Å². The first-order chi connectivity index (χ1) is 8.38. The van der Waals surface area contributed by atoms with Crippen molar-refractivity contribution in [3.8, 4) is 5.75 Å². The Hall–Kier alpha value is -1.10. The number of methoxy groups -OCH3 is 1. The second-order valence-corrected chi connectivity index (χ2v) is 3.60. The fourth-order valence-electron chi connectivity index (χ4n) is 1.46. The van der Waals surface area contributed by atoms with Gasteiger partial charge in [0, 0.05) is 7.11 Å². The van der Waals surface area contributed by atoms with E-state index < -0.39 is 0 Å². The molecule has 0 saturated carbocycles. The average molecular weight is 239 g/mol. The zero-order valence-corrected chi connectivity index (χ0v) is 10.4. The normalized spacial score (nSPS) is 10.5. The lowest BCUT2D eigenvalue weighted by molar-refractivity contribution is 0.0543. The molecule has 1 rings (SSSR count). The fourth-order valence-corrected chi connectivity index (χ4v) is 1.46. The van der Waals surface area contributed by atoms with E-state index in [9.17, 15) is 0 Å². The standard InChI is InChI=1S/C13H21NO3/c1-15-8-9-16-10-11-17-13-5-3-2-4-12(13)6-7-14/h2-5H,6-11,14H2,1H3. The lowest BCUT2D eigenvalue weighted by Gasteiger charge is -2.11. The van der Waals surface area contributed by atoms with Gasteiger partial charge in [0.2, 0.25) is 0 Å². The Bertz CT molecular complexity index is 304. The van der Waals surface area contributed by atoms with Gasteiger partial charge in [-0.1, -0.05) is 18.2 Å². The molecule has 0 aliphatic rings. The van der Waals surface area contributed by atoms with Crippen molar-refractivity contribution in [3.63, 3.8) is 0 Å². The third-order valence-corrected chi connectivity index (χ3v) is 2.30. The SMILES string of the molecule is COCCOCCOc1ccccc1CCN. The van der Waals surface area contributed by atoms with Gasteiger partial charge in [0.1, 0.15) is 12.4 Å². The highest BCUT2D eigenvalue weighted by Gasteiger charge is 2.01. The smallest absolute Gasteiger partial charge is 0.122 e. The number of hydrogen-bond acceptors (Lipinski definition) is 4. The average Bonchev–Trinajstić information content (AvgIpc) is 2.36. The van der Waals surface area contributed by atoms with E-state index in [1.807, 2.05) is 24.3 Å². The third kappa shape index (κ3) is 5.68. The van der Waals surface area contributed by atoms with Crippen molar-refractivity contribution < 1.29 is 14.2 Å². The van der Waals surface area contributed by atoms with Crippen molar-refractivity contribution in [3.05, 3.63) is 29.8 Å². The van der Waals surface area contributed by atoms with Crippen LogP contribution in [0.15, 0.2) is 24.3 Å².